The van der Waals surface area contributed by atoms with Gasteiger partial charge in [-0.1, -0.05) is 30.3 Å². The van der Waals surface area contributed by atoms with Crippen molar-refractivity contribution in [3.8, 4) is 0 Å². The molecule has 4 rings (SSSR count). The fourth-order valence-electron chi connectivity index (χ4n) is 3.73. The molecule has 0 radical (unpaired) electrons. The Labute approximate surface area is 179 Å². The Bertz CT molecular complexity index is 1110. The molecule has 1 saturated heterocycles. The summed E-state index contributed by atoms with van der Waals surface area (Å²) in [6.45, 7) is 6.00. The highest BCUT2D eigenvalue weighted by Crippen LogP contribution is 2.32. The highest BCUT2D eigenvalue weighted by atomic mass is 32.2. The molecule has 1 atom stereocenters. The number of likely N-dealkylation sites (tertiary alicyclic amines) is 1. The normalized spacial score (nSPS) is 16.1. The van der Waals surface area contributed by atoms with Crippen molar-refractivity contribution in [2.75, 3.05) is 6.54 Å². The standard InChI is InChI=1S/C21H26N6O2S/c1-3-27-17(13-26-12-8-4-5-11-18(26)28)24-25-21(27)30-14(2)19-22-16-10-7-6-9-15(16)20(29)23-19/h6-7,9-10,14H,3-5,8,11-13H2,1-2H3,(H,22,23,29)/t14-/m0/s1. The number of benzene rings is 1. The van der Waals surface area contributed by atoms with Crippen LogP contribution in [0.2, 0.25) is 0 Å². The van der Waals surface area contributed by atoms with E-state index in [0.717, 1.165) is 36.8 Å². The number of carbonyl (C=O) groups excluding carboxylic acids is 1. The largest absolute Gasteiger partial charge is 0.335 e. The Morgan fingerprint density at radius 2 is 2.00 bits per heavy atom. The molecule has 1 aromatic carbocycles. The van der Waals surface area contributed by atoms with E-state index in [2.05, 4.69) is 20.2 Å². The lowest BCUT2D eigenvalue weighted by atomic mass is 10.2. The SMILES string of the molecule is CCn1c(CN2CCCCCC2=O)nnc1S[C@@H](C)c1nc2ccccc2c(=O)[nH]1. The lowest BCUT2D eigenvalue weighted by molar-refractivity contribution is -0.131. The van der Waals surface area contributed by atoms with E-state index in [-0.39, 0.29) is 16.7 Å². The van der Waals surface area contributed by atoms with Gasteiger partial charge in [-0.2, -0.15) is 0 Å². The molecular weight excluding hydrogens is 400 g/mol. The van der Waals surface area contributed by atoms with Crippen LogP contribution in [0.3, 0.4) is 0 Å². The average Bonchev–Trinajstić information content (AvgIpc) is 3.01. The Morgan fingerprint density at radius 3 is 2.83 bits per heavy atom. The van der Waals surface area contributed by atoms with Crippen molar-refractivity contribution in [2.45, 2.75) is 63.0 Å². The summed E-state index contributed by atoms with van der Waals surface area (Å²) in [5.41, 5.74) is 0.543. The molecule has 30 heavy (non-hydrogen) atoms. The minimum absolute atomic E-state index is 0.107. The molecule has 9 heteroatoms. The van der Waals surface area contributed by atoms with Crippen molar-refractivity contribution in [3.63, 3.8) is 0 Å². The average molecular weight is 427 g/mol. The Balaban J connectivity index is 1.55. The van der Waals surface area contributed by atoms with Crippen molar-refractivity contribution < 1.29 is 4.79 Å². The number of para-hydroxylation sites is 1. The number of nitrogens with one attached hydrogen (secondary N) is 1. The molecule has 8 nitrogen and oxygen atoms in total. The number of aromatic nitrogens is 5. The molecule has 2 aromatic heterocycles. The van der Waals surface area contributed by atoms with Gasteiger partial charge in [0, 0.05) is 19.5 Å². The van der Waals surface area contributed by atoms with Crippen molar-refractivity contribution in [2.24, 2.45) is 0 Å². The third-order valence-electron chi connectivity index (χ3n) is 5.41. The van der Waals surface area contributed by atoms with E-state index in [1.807, 2.05) is 41.5 Å². The molecule has 3 aromatic rings. The van der Waals surface area contributed by atoms with Gasteiger partial charge in [0.05, 0.1) is 22.7 Å². The van der Waals surface area contributed by atoms with E-state index in [9.17, 15) is 9.59 Å². The van der Waals surface area contributed by atoms with E-state index < -0.39 is 0 Å². The predicted octanol–water partition coefficient (Wildman–Crippen LogP) is 3.29. The summed E-state index contributed by atoms with van der Waals surface area (Å²) in [6.07, 6.45) is 3.70. The van der Waals surface area contributed by atoms with Crippen LogP contribution in [0, 0.1) is 0 Å². The van der Waals surface area contributed by atoms with Gasteiger partial charge in [0.1, 0.15) is 5.82 Å². The second kappa shape index (κ2) is 8.99. The minimum Gasteiger partial charge on any atom is -0.335 e. The smallest absolute Gasteiger partial charge is 0.258 e. The Morgan fingerprint density at radius 1 is 1.17 bits per heavy atom. The topological polar surface area (TPSA) is 96.8 Å². The number of hydrogen-bond acceptors (Lipinski definition) is 6. The van der Waals surface area contributed by atoms with Crippen molar-refractivity contribution in [3.05, 3.63) is 46.3 Å². The Kier molecular flexibility index (Phi) is 6.17. The van der Waals surface area contributed by atoms with Crippen LogP contribution in [0.4, 0.5) is 0 Å². The van der Waals surface area contributed by atoms with Gasteiger partial charge in [-0.3, -0.25) is 9.59 Å². The van der Waals surface area contributed by atoms with Gasteiger partial charge in [-0.05, 0) is 38.8 Å². The van der Waals surface area contributed by atoms with Gasteiger partial charge in [-0.15, -0.1) is 10.2 Å². The first kappa shape index (κ1) is 20.6. The molecule has 1 N–H and O–H groups in total. The summed E-state index contributed by atoms with van der Waals surface area (Å²) in [6, 6.07) is 7.32. The summed E-state index contributed by atoms with van der Waals surface area (Å²) in [5, 5.41) is 9.97. The molecule has 1 aliphatic rings. The van der Waals surface area contributed by atoms with Gasteiger partial charge in [0.15, 0.2) is 11.0 Å². The lowest BCUT2D eigenvalue weighted by Gasteiger charge is -2.20. The molecule has 0 aliphatic carbocycles. The number of aromatic amines is 1. The fraction of sp³-hybridized carbons (Fsp3) is 0.476. The quantitative estimate of drug-likeness (QED) is 0.608. The molecule has 3 heterocycles. The number of hydrogen-bond donors (Lipinski definition) is 1. The molecule has 158 valence electrons. The number of H-pyrrole nitrogens is 1. The zero-order valence-corrected chi connectivity index (χ0v) is 18.1. The fourth-order valence-corrected chi connectivity index (χ4v) is 4.72. The van der Waals surface area contributed by atoms with Crippen molar-refractivity contribution in [1.29, 1.82) is 0 Å². The van der Waals surface area contributed by atoms with Crippen LogP contribution in [0.25, 0.3) is 10.9 Å². The highest BCUT2D eigenvalue weighted by molar-refractivity contribution is 7.99. The van der Waals surface area contributed by atoms with Crippen LogP contribution < -0.4 is 5.56 Å². The highest BCUT2D eigenvalue weighted by Gasteiger charge is 2.22. The zero-order valence-electron chi connectivity index (χ0n) is 17.3. The van der Waals surface area contributed by atoms with Gasteiger partial charge in [0.2, 0.25) is 5.91 Å². The molecule has 0 saturated carbocycles. The van der Waals surface area contributed by atoms with Crippen molar-refractivity contribution in [1.82, 2.24) is 29.6 Å². The number of nitrogens with zero attached hydrogens (tertiary/aromatic N) is 5. The van der Waals surface area contributed by atoms with Gasteiger partial charge < -0.3 is 14.5 Å². The monoisotopic (exact) mass is 426 g/mol. The first-order valence-electron chi connectivity index (χ1n) is 10.4. The summed E-state index contributed by atoms with van der Waals surface area (Å²) in [4.78, 5) is 34.1. The van der Waals surface area contributed by atoms with E-state index >= 15 is 0 Å². The number of thioether (sulfide) groups is 1. The second-order valence-corrected chi connectivity index (χ2v) is 8.81. The minimum atomic E-state index is -0.139. The molecular formula is C21H26N6O2S. The third-order valence-corrected chi connectivity index (χ3v) is 6.50. The van der Waals surface area contributed by atoms with Crippen LogP contribution in [-0.4, -0.2) is 42.1 Å². The first-order chi connectivity index (χ1) is 14.6. The maximum Gasteiger partial charge on any atom is 0.258 e. The maximum absolute atomic E-state index is 12.4. The van der Waals surface area contributed by atoms with E-state index in [1.54, 1.807) is 6.07 Å². The third kappa shape index (κ3) is 4.26. The van der Waals surface area contributed by atoms with Crippen LogP contribution in [0.5, 0.6) is 0 Å². The molecule has 0 spiro atoms. The number of fused-ring (bicyclic) bond motifs is 1. The van der Waals surface area contributed by atoms with E-state index in [1.165, 1.54) is 11.8 Å². The van der Waals surface area contributed by atoms with Crippen LogP contribution in [0.1, 0.15) is 56.4 Å². The lowest BCUT2D eigenvalue weighted by Crippen LogP contribution is -2.31. The predicted molar refractivity (Wildman–Crippen MR) is 116 cm³/mol. The summed E-state index contributed by atoms with van der Waals surface area (Å²) >= 11 is 1.51. The van der Waals surface area contributed by atoms with Crippen LogP contribution in [0.15, 0.2) is 34.2 Å². The zero-order chi connectivity index (χ0) is 21.1. The molecule has 0 unspecified atom stereocenters. The summed E-state index contributed by atoms with van der Waals surface area (Å²) < 4.78 is 2.04. The first-order valence-corrected chi connectivity index (χ1v) is 11.3. The molecule has 0 bridgehead atoms. The summed E-state index contributed by atoms with van der Waals surface area (Å²) in [5.74, 6) is 1.60. The van der Waals surface area contributed by atoms with Crippen LogP contribution >= 0.6 is 11.8 Å². The number of amides is 1. The number of rotatable bonds is 6. The number of carbonyl (C=O) groups is 1. The maximum atomic E-state index is 12.4. The molecule has 1 aliphatic heterocycles. The second-order valence-electron chi connectivity index (χ2n) is 7.50. The van der Waals surface area contributed by atoms with Gasteiger partial charge >= 0.3 is 0 Å². The Hall–Kier alpha value is -2.68. The van der Waals surface area contributed by atoms with Gasteiger partial charge in [0.25, 0.3) is 5.56 Å². The van der Waals surface area contributed by atoms with E-state index in [4.69, 9.17) is 0 Å². The molecule has 1 fully saturated rings. The van der Waals surface area contributed by atoms with Crippen molar-refractivity contribution >= 4 is 28.6 Å². The molecule has 1 amide bonds. The summed E-state index contributed by atoms with van der Waals surface area (Å²) in [7, 11) is 0. The van der Waals surface area contributed by atoms with Gasteiger partial charge in [-0.25, -0.2) is 4.98 Å². The van der Waals surface area contributed by atoms with E-state index in [0.29, 0.717) is 36.2 Å². The van der Waals surface area contributed by atoms with Crippen LogP contribution in [-0.2, 0) is 17.9 Å².